The molecule has 0 nitrogen and oxygen atoms in total. The average molecular weight is 234 g/mol. The van der Waals surface area contributed by atoms with E-state index in [2.05, 4.69) is 66.8 Å². The summed E-state index contributed by atoms with van der Waals surface area (Å²) in [5.41, 5.74) is 4.24. The summed E-state index contributed by atoms with van der Waals surface area (Å²) in [6.45, 7) is 0. The van der Waals surface area contributed by atoms with E-state index in [1.54, 1.807) is 0 Å². The van der Waals surface area contributed by atoms with Crippen LogP contribution in [0.25, 0.3) is 5.57 Å². The summed E-state index contributed by atoms with van der Waals surface area (Å²) in [4.78, 5) is 0. The Kier molecular flexibility index (Phi) is 3.27. The van der Waals surface area contributed by atoms with Crippen LogP contribution in [0.15, 0.2) is 66.8 Å². The normalized spacial score (nSPS) is 22.0. The third-order valence-corrected chi connectivity index (χ3v) is 3.65. The van der Waals surface area contributed by atoms with Gasteiger partial charge in [-0.15, -0.1) is 0 Å². The molecule has 1 aromatic carbocycles. The summed E-state index contributed by atoms with van der Waals surface area (Å²) >= 11 is 0. The van der Waals surface area contributed by atoms with Gasteiger partial charge in [0.25, 0.3) is 0 Å². The van der Waals surface area contributed by atoms with Crippen LogP contribution >= 0.6 is 0 Å². The fraction of sp³-hybridized carbons (Fsp3) is 0.222. The molecule has 0 heterocycles. The largest absolute Gasteiger partial charge is 0.0836 e. The minimum Gasteiger partial charge on any atom is -0.0836 e. The highest BCUT2D eigenvalue weighted by Crippen LogP contribution is 2.32. The summed E-state index contributed by atoms with van der Waals surface area (Å²) in [7, 11) is 0. The Morgan fingerprint density at radius 3 is 2.67 bits per heavy atom. The monoisotopic (exact) mass is 234 g/mol. The number of hydrogen-bond acceptors (Lipinski definition) is 0. The van der Waals surface area contributed by atoms with Gasteiger partial charge in [0.05, 0.1) is 0 Å². The molecule has 2 aliphatic rings. The Bertz CT molecular complexity index is 541. The van der Waals surface area contributed by atoms with Gasteiger partial charge in [-0.05, 0) is 36.0 Å². The van der Waals surface area contributed by atoms with E-state index in [4.69, 9.17) is 0 Å². The van der Waals surface area contributed by atoms with Crippen LogP contribution < -0.4 is 0 Å². The van der Waals surface area contributed by atoms with Gasteiger partial charge in [0.2, 0.25) is 0 Å². The first kappa shape index (κ1) is 11.3. The van der Waals surface area contributed by atoms with Crippen LogP contribution in [0.3, 0.4) is 0 Å². The van der Waals surface area contributed by atoms with Crippen molar-refractivity contribution in [3.05, 3.63) is 77.9 Å². The van der Waals surface area contributed by atoms with Crippen molar-refractivity contribution in [3.8, 4) is 0 Å². The zero-order valence-electron chi connectivity index (χ0n) is 10.5. The third kappa shape index (κ3) is 2.24. The van der Waals surface area contributed by atoms with Gasteiger partial charge in [-0.2, -0.15) is 0 Å². The molecular weight excluding hydrogens is 216 g/mol. The van der Waals surface area contributed by atoms with Crippen LogP contribution in [0.1, 0.15) is 36.3 Å². The predicted octanol–water partition coefficient (Wildman–Crippen LogP) is 5.02. The maximum Gasteiger partial charge on any atom is 0.00618 e. The van der Waals surface area contributed by atoms with Crippen LogP contribution in [-0.4, -0.2) is 0 Å². The minimum atomic E-state index is 0.530. The molecule has 0 N–H and O–H groups in total. The van der Waals surface area contributed by atoms with Gasteiger partial charge in [-0.1, -0.05) is 66.8 Å². The number of allylic oxidation sites excluding steroid dienone is 8. The highest BCUT2D eigenvalue weighted by molar-refractivity contribution is 5.77. The Balaban J connectivity index is 1.99. The highest BCUT2D eigenvalue weighted by atomic mass is 14.2. The first-order valence-corrected chi connectivity index (χ1v) is 6.74. The highest BCUT2D eigenvalue weighted by Gasteiger charge is 2.14. The van der Waals surface area contributed by atoms with Gasteiger partial charge in [0, 0.05) is 5.92 Å². The topological polar surface area (TPSA) is 0 Å². The molecule has 1 aromatic rings. The van der Waals surface area contributed by atoms with Crippen LogP contribution in [-0.2, 0) is 0 Å². The van der Waals surface area contributed by atoms with Gasteiger partial charge in [-0.25, -0.2) is 0 Å². The summed E-state index contributed by atoms with van der Waals surface area (Å²) in [6.07, 6.45) is 19.2. The van der Waals surface area contributed by atoms with E-state index in [0.29, 0.717) is 5.92 Å². The van der Waals surface area contributed by atoms with E-state index in [0.717, 1.165) is 6.42 Å². The van der Waals surface area contributed by atoms with Gasteiger partial charge in [0.15, 0.2) is 0 Å². The number of rotatable bonds is 2. The second-order valence-electron chi connectivity index (χ2n) is 4.88. The first-order valence-electron chi connectivity index (χ1n) is 6.74. The molecule has 3 rings (SSSR count). The second-order valence-corrected chi connectivity index (χ2v) is 4.88. The van der Waals surface area contributed by atoms with Crippen molar-refractivity contribution < 1.29 is 0 Å². The molecule has 0 amide bonds. The maximum atomic E-state index is 2.36. The Morgan fingerprint density at radius 2 is 1.89 bits per heavy atom. The van der Waals surface area contributed by atoms with Crippen LogP contribution in [0, 0.1) is 0 Å². The molecule has 0 saturated carbocycles. The first-order chi connectivity index (χ1) is 8.95. The minimum absolute atomic E-state index is 0.530. The SMILES string of the molecule is C1=CCC(c2ccccc2C2=CCCC=C2)C=C1. The van der Waals surface area contributed by atoms with Crippen molar-refractivity contribution in [1.82, 2.24) is 0 Å². The molecule has 18 heavy (non-hydrogen) atoms. The standard InChI is InChI=1S/C18H18/c1-3-9-15(10-4-1)17-13-7-8-14-18(17)16-11-5-2-6-12-16/h1,3-5,7-9,11-15H,2,6,10H2. The van der Waals surface area contributed by atoms with Crippen LogP contribution in [0.2, 0.25) is 0 Å². The van der Waals surface area contributed by atoms with E-state index in [-0.39, 0.29) is 0 Å². The van der Waals surface area contributed by atoms with Gasteiger partial charge >= 0.3 is 0 Å². The fourth-order valence-corrected chi connectivity index (χ4v) is 2.71. The molecule has 90 valence electrons. The lowest BCUT2D eigenvalue weighted by molar-refractivity contribution is 0.850. The molecule has 0 spiro atoms. The quantitative estimate of drug-likeness (QED) is 0.674. The summed E-state index contributed by atoms with van der Waals surface area (Å²) < 4.78 is 0. The Hall–Kier alpha value is -1.82. The molecule has 0 bridgehead atoms. The van der Waals surface area contributed by atoms with Crippen LogP contribution in [0.4, 0.5) is 0 Å². The van der Waals surface area contributed by atoms with Gasteiger partial charge < -0.3 is 0 Å². The van der Waals surface area contributed by atoms with Crippen molar-refractivity contribution in [1.29, 1.82) is 0 Å². The van der Waals surface area contributed by atoms with E-state index in [1.165, 1.54) is 29.5 Å². The molecule has 0 saturated heterocycles. The smallest absolute Gasteiger partial charge is 0.00618 e. The third-order valence-electron chi connectivity index (χ3n) is 3.65. The summed E-state index contributed by atoms with van der Waals surface area (Å²) in [5.74, 6) is 0.530. The van der Waals surface area contributed by atoms with E-state index >= 15 is 0 Å². The van der Waals surface area contributed by atoms with E-state index < -0.39 is 0 Å². The zero-order chi connectivity index (χ0) is 12.2. The van der Waals surface area contributed by atoms with E-state index in [9.17, 15) is 0 Å². The summed E-state index contributed by atoms with van der Waals surface area (Å²) in [5, 5.41) is 0. The summed E-state index contributed by atoms with van der Waals surface area (Å²) in [6, 6.07) is 8.82. The second kappa shape index (κ2) is 5.22. The van der Waals surface area contributed by atoms with Crippen molar-refractivity contribution in [2.45, 2.75) is 25.2 Å². The number of benzene rings is 1. The van der Waals surface area contributed by atoms with Crippen molar-refractivity contribution in [2.24, 2.45) is 0 Å². The van der Waals surface area contributed by atoms with Crippen molar-refractivity contribution in [3.63, 3.8) is 0 Å². The predicted molar refractivity (Wildman–Crippen MR) is 78.4 cm³/mol. The molecule has 0 radical (unpaired) electrons. The molecule has 0 aromatic heterocycles. The van der Waals surface area contributed by atoms with Gasteiger partial charge in [0.1, 0.15) is 0 Å². The lowest BCUT2D eigenvalue weighted by Crippen LogP contribution is -2.01. The zero-order valence-corrected chi connectivity index (χ0v) is 10.5. The molecule has 2 aliphatic carbocycles. The molecular formula is C18H18. The van der Waals surface area contributed by atoms with Gasteiger partial charge in [-0.3, -0.25) is 0 Å². The average Bonchev–Trinajstić information content (AvgIpc) is 2.49. The molecule has 0 fully saturated rings. The molecule has 0 aliphatic heterocycles. The molecule has 1 unspecified atom stereocenters. The fourth-order valence-electron chi connectivity index (χ4n) is 2.71. The maximum absolute atomic E-state index is 2.36. The molecule has 0 heteroatoms. The van der Waals surface area contributed by atoms with E-state index in [1.807, 2.05) is 0 Å². The lowest BCUT2D eigenvalue weighted by Gasteiger charge is -2.19. The lowest BCUT2D eigenvalue weighted by atomic mass is 9.85. The van der Waals surface area contributed by atoms with Crippen molar-refractivity contribution in [2.75, 3.05) is 0 Å². The van der Waals surface area contributed by atoms with Crippen LogP contribution in [0.5, 0.6) is 0 Å². The molecule has 1 atom stereocenters. The number of hydrogen-bond donors (Lipinski definition) is 0. The Labute approximate surface area is 109 Å². The van der Waals surface area contributed by atoms with Crippen molar-refractivity contribution >= 4 is 5.57 Å². The Morgan fingerprint density at radius 1 is 0.944 bits per heavy atom.